The van der Waals surface area contributed by atoms with E-state index >= 15 is 0 Å². The molecule has 2 N–H and O–H groups in total. The number of hydrogen-bond donors (Lipinski definition) is 1. The highest BCUT2D eigenvalue weighted by Gasteiger charge is 2.20. The van der Waals surface area contributed by atoms with Gasteiger partial charge in [0.2, 0.25) is 0 Å². The van der Waals surface area contributed by atoms with E-state index in [1.165, 1.54) is 18.4 Å². The van der Waals surface area contributed by atoms with Gasteiger partial charge in [-0.25, -0.2) is 4.68 Å². The number of tetrazole rings is 1. The summed E-state index contributed by atoms with van der Waals surface area (Å²) < 4.78 is 1.89. The number of piperidine rings is 1. The van der Waals surface area contributed by atoms with Gasteiger partial charge in [-0.05, 0) is 54.4 Å². The number of nitrogens with two attached hydrogens (primary N) is 1. The number of benzene rings is 1. The van der Waals surface area contributed by atoms with E-state index in [1.807, 2.05) is 22.9 Å². The second-order valence-corrected chi connectivity index (χ2v) is 5.69. The number of aromatic nitrogens is 4. The van der Waals surface area contributed by atoms with Crippen LogP contribution < -0.4 is 5.73 Å². The van der Waals surface area contributed by atoms with E-state index in [4.69, 9.17) is 5.73 Å². The maximum absolute atomic E-state index is 5.74. The lowest BCUT2D eigenvalue weighted by Crippen LogP contribution is -2.36. The highest BCUT2D eigenvalue weighted by Crippen LogP contribution is 2.17. The van der Waals surface area contributed by atoms with E-state index in [9.17, 15) is 0 Å². The molecule has 0 unspecified atom stereocenters. The van der Waals surface area contributed by atoms with Crippen LogP contribution in [0, 0.1) is 5.92 Å². The van der Waals surface area contributed by atoms with Crippen LogP contribution in [0.5, 0.6) is 0 Å². The van der Waals surface area contributed by atoms with Crippen molar-refractivity contribution in [3.05, 3.63) is 41.7 Å². The van der Waals surface area contributed by atoms with Crippen LogP contribution in [0.2, 0.25) is 0 Å². The van der Waals surface area contributed by atoms with Gasteiger partial charge in [0, 0.05) is 0 Å². The van der Waals surface area contributed by atoms with E-state index in [-0.39, 0.29) is 0 Å². The zero-order valence-corrected chi connectivity index (χ0v) is 12.2. The van der Waals surface area contributed by atoms with Crippen LogP contribution in [0.3, 0.4) is 0 Å². The van der Waals surface area contributed by atoms with Gasteiger partial charge in [-0.1, -0.05) is 30.3 Å². The summed E-state index contributed by atoms with van der Waals surface area (Å²) >= 11 is 0. The third-order valence-corrected chi connectivity index (χ3v) is 4.19. The van der Waals surface area contributed by atoms with Gasteiger partial charge in [-0.3, -0.25) is 4.90 Å². The van der Waals surface area contributed by atoms with Crippen molar-refractivity contribution >= 4 is 0 Å². The smallest absolute Gasteiger partial charge is 0.165 e. The van der Waals surface area contributed by atoms with E-state index in [1.54, 1.807) is 0 Å². The first-order chi connectivity index (χ1) is 10.3. The topological polar surface area (TPSA) is 72.9 Å². The minimum atomic E-state index is 0.682. The quantitative estimate of drug-likeness (QED) is 0.884. The Morgan fingerprint density at radius 1 is 1.10 bits per heavy atom. The van der Waals surface area contributed by atoms with Gasteiger partial charge in [0.05, 0.1) is 13.1 Å². The number of rotatable bonds is 5. The molecule has 0 aliphatic carbocycles. The van der Waals surface area contributed by atoms with Gasteiger partial charge in [-0.15, -0.1) is 5.10 Å². The van der Waals surface area contributed by atoms with Crippen LogP contribution in [0.1, 0.15) is 24.2 Å². The van der Waals surface area contributed by atoms with Gasteiger partial charge >= 0.3 is 0 Å². The molecule has 21 heavy (non-hydrogen) atoms. The summed E-state index contributed by atoms with van der Waals surface area (Å²) in [7, 11) is 0. The molecule has 1 aromatic carbocycles. The van der Waals surface area contributed by atoms with Crippen LogP contribution in [0.15, 0.2) is 30.3 Å². The van der Waals surface area contributed by atoms with Crippen LogP contribution in [0.25, 0.3) is 0 Å². The van der Waals surface area contributed by atoms with E-state index in [2.05, 4.69) is 32.6 Å². The average Bonchev–Trinajstić information content (AvgIpc) is 2.96. The highest BCUT2D eigenvalue weighted by molar-refractivity contribution is 5.14. The van der Waals surface area contributed by atoms with Gasteiger partial charge in [0.15, 0.2) is 5.82 Å². The van der Waals surface area contributed by atoms with E-state index in [0.717, 1.165) is 38.5 Å². The molecule has 0 saturated carbocycles. The predicted molar refractivity (Wildman–Crippen MR) is 80.4 cm³/mol. The molecule has 3 rings (SSSR count). The van der Waals surface area contributed by atoms with Gasteiger partial charge in [0.1, 0.15) is 0 Å². The summed E-state index contributed by atoms with van der Waals surface area (Å²) in [5.74, 6) is 1.62. The van der Waals surface area contributed by atoms with E-state index < -0.39 is 0 Å². The average molecular weight is 286 g/mol. The Morgan fingerprint density at radius 2 is 1.86 bits per heavy atom. The fourth-order valence-electron chi connectivity index (χ4n) is 2.80. The van der Waals surface area contributed by atoms with Crippen LogP contribution in [0.4, 0.5) is 0 Å². The lowest BCUT2D eigenvalue weighted by atomic mass is 9.97. The van der Waals surface area contributed by atoms with Crippen LogP contribution in [-0.2, 0) is 13.1 Å². The first kappa shape index (κ1) is 14.2. The fourth-order valence-corrected chi connectivity index (χ4v) is 2.80. The van der Waals surface area contributed by atoms with Crippen molar-refractivity contribution in [2.45, 2.75) is 25.9 Å². The van der Waals surface area contributed by atoms with Crippen molar-refractivity contribution < 1.29 is 0 Å². The molecule has 1 saturated heterocycles. The number of nitrogens with zero attached hydrogens (tertiary/aromatic N) is 5. The third-order valence-electron chi connectivity index (χ3n) is 4.19. The Bertz CT molecular complexity index is 544. The van der Waals surface area contributed by atoms with Crippen molar-refractivity contribution in [1.29, 1.82) is 0 Å². The minimum absolute atomic E-state index is 0.682. The van der Waals surface area contributed by atoms with Crippen molar-refractivity contribution in [3.8, 4) is 0 Å². The molecule has 1 aliphatic rings. The monoisotopic (exact) mass is 286 g/mol. The summed E-state index contributed by atoms with van der Waals surface area (Å²) in [6, 6.07) is 10.3. The number of hydrogen-bond acceptors (Lipinski definition) is 5. The first-order valence-corrected chi connectivity index (χ1v) is 7.56. The lowest BCUT2D eigenvalue weighted by molar-refractivity contribution is 0.174. The lowest BCUT2D eigenvalue weighted by Gasteiger charge is -2.30. The largest absolute Gasteiger partial charge is 0.330 e. The Labute approximate surface area is 124 Å². The molecule has 0 atom stereocenters. The van der Waals surface area contributed by atoms with Gasteiger partial charge < -0.3 is 5.73 Å². The Hall–Kier alpha value is -1.79. The summed E-state index contributed by atoms with van der Waals surface area (Å²) in [6.45, 7) is 4.51. The molecule has 0 amide bonds. The van der Waals surface area contributed by atoms with Gasteiger partial charge in [-0.2, -0.15) is 0 Å². The summed E-state index contributed by atoms with van der Waals surface area (Å²) in [5.41, 5.74) is 6.96. The van der Waals surface area contributed by atoms with Crippen molar-refractivity contribution in [3.63, 3.8) is 0 Å². The summed E-state index contributed by atoms with van der Waals surface area (Å²) in [4.78, 5) is 2.42. The normalized spacial score (nSPS) is 17.2. The van der Waals surface area contributed by atoms with Gasteiger partial charge in [0.25, 0.3) is 0 Å². The van der Waals surface area contributed by atoms with E-state index in [0.29, 0.717) is 5.92 Å². The summed E-state index contributed by atoms with van der Waals surface area (Å²) in [6.07, 6.45) is 2.35. The van der Waals surface area contributed by atoms with Crippen molar-refractivity contribution in [2.75, 3.05) is 19.6 Å². The third kappa shape index (κ3) is 3.65. The van der Waals surface area contributed by atoms with Crippen LogP contribution in [-0.4, -0.2) is 44.7 Å². The molecule has 112 valence electrons. The Balaban J connectivity index is 1.61. The second kappa shape index (κ2) is 6.78. The molecule has 1 fully saturated rings. The zero-order chi connectivity index (χ0) is 14.5. The fraction of sp³-hybridized carbons (Fsp3) is 0.533. The molecular formula is C15H22N6. The molecule has 6 nitrogen and oxygen atoms in total. The summed E-state index contributed by atoms with van der Waals surface area (Å²) in [5, 5.41) is 12.1. The molecule has 0 spiro atoms. The maximum atomic E-state index is 5.74. The highest BCUT2D eigenvalue weighted by atomic mass is 15.5. The Morgan fingerprint density at radius 3 is 2.57 bits per heavy atom. The molecule has 1 aliphatic heterocycles. The molecular weight excluding hydrogens is 264 g/mol. The molecule has 6 heteroatoms. The SMILES string of the molecule is NCC1CCN(Cc2nnnn2Cc2ccccc2)CC1. The van der Waals surface area contributed by atoms with Crippen molar-refractivity contribution in [2.24, 2.45) is 11.7 Å². The van der Waals surface area contributed by atoms with Crippen molar-refractivity contribution in [1.82, 2.24) is 25.1 Å². The first-order valence-electron chi connectivity index (χ1n) is 7.56. The second-order valence-electron chi connectivity index (χ2n) is 5.69. The molecule has 0 bridgehead atoms. The maximum Gasteiger partial charge on any atom is 0.165 e. The minimum Gasteiger partial charge on any atom is -0.330 e. The Kier molecular flexibility index (Phi) is 4.57. The molecule has 2 aromatic rings. The standard InChI is InChI=1S/C15H22N6/c16-10-13-6-8-20(9-7-13)12-15-17-18-19-21(15)11-14-4-2-1-3-5-14/h1-5,13H,6-12,16H2. The molecule has 1 aromatic heterocycles. The predicted octanol–water partition coefficient (Wildman–Crippen LogP) is 0.892. The zero-order valence-electron chi connectivity index (χ0n) is 12.2. The molecule has 0 radical (unpaired) electrons. The van der Waals surface area contributed by atoms with Crippen LogP contribution >= 0.6 is 0 Å². The molecule has 2 heterocycles. The number of likely N-dealkylation sites (tertiary alicyclic amines) is 1.